The van der Waals surface area contributed by atoms with Gasteiger partial charge in [0.25, 0.3) is 11.8 Å². The van der Waals surface area contributed by atoms with Crippen LogP contribution in [0.5, 0.6) is 0 Å². The van der Waals surface area contributed by atoms with E-state index in [1.54, 1.807) is 11.0 Å². The predicted molar refractivity (Wildman–Crippen MR) is 145 cm³/mol. The van der Waals surface area contributed by atoms with Gasteiger partial charge >= 0.3 is 0 Å². The van der Waals surface area contributed by atoms with Gasteiger partial charge in [0.1, 0.15) is 0 Å². The van der Waals surface area contributed by atoms with Crippen molar-refractivity contribution < 1.29 is 14.7 Å². The molecule has 3 aromatic rings. The fourth-order valence-corrected chi connectivity index (χ4v) is 5.15. The Morgan fingerprint density at radius 2 is 1.57 bits per heavy atom. The van der Waals surface area contributed by atoms with Gasteiger partial charge in [-0.1, -0.05) is 30.3 Å². The number of fused-ring (bicyclic) bond motifs is 2. The zero-order valence-electron chi connectivity index (χ0n) is 21.5. The van der Waals surface area contributed by atoms with Crippen molar-refractivity contribution in [3.8, 4) is 0 Å². The summed E-state index contributed by atoms with van der Waals surface area (Å²) >= 11 is 0. The average Bonchev–Trinajstić information content (AvgIpc) is 3.35. The summed E-state index contributed by atoms with van der Waals surface area (Å²) in [6.45, 7) is 3.45. The molecule has 0 aromatic heterocycles. The number of nitrogens with zero attached hydrogens (tertiary/aromatic N) is 3. The predicted octanol–water partition coefficient (Wildman–Crippen LogP) is 3.06. The van der Waals surface area contributed by atoms with Crippen molar-refractivity contribution in [1.82, 2.24) is 15.1 Å². The molecule has 0 bridgehead atoms. The molecule has 5 rings (SSSR count). The number of aliphatic hydroxyl groups is 1. The molecule has 0 fully saturated rings. The molecule has 2 amide bonds. The topological polar surface area (TPSA) is 76.1 Å². The summed E-state index contributed by atoms with van der Waals surface area (Å²) in [7, 11) is 3.94. The molecular weight excluding hydrogens is 464 g/mol. The quantitative estimate of drug-likeness (QED) is 0.524. The van der Waals surface area contributed by atoms with Gasteiger partial charge in [-0.15, -0.1) is 0 Å². The number of carbonyl (C=O) groups is 2. The van der Waals surface area contributed by atoms with Gasteiger partial charge in [-0.2, -0.15) is 0 Å². The minimum Gasteiger partial charge on any atom is -0.390 e. The van der Waals surface area contributed by atoms with Crippen LogP contribution in [0.4, 0.5) is 5.69 Å². The average molecular weight is 499 g/mol. The lowest BCUT2D eigenvalue weighted by Crippen LogP contribution is -2.42. The number of aliphatic hydroxyl groups excluding tert-OH is 1. The van der Waals surface area contributed by atoms with E-state index in [1.807, 2.05) is 61.5 Å². The molecule has 0 saturated heterocycles. The molecular formula is C30H34N4O3. The Morgan fingerprint density at radius 1 is 0.892 bits per heavy atom. The molecule has 1 unspecified atom stereocenters. The summed E-state index contributed by atoms with van der Waals surface area (Å²) in [6, 6.07) is 21.6. The van der Waals surface area contributed by atoms with Crippen LogP contribution >= 0.6 is 0 Å². The third-order valence-electron chi connectivity index (χ3n) is 7.29. The van der Waals surface area contributed by atoms with Crippen molar-refractivity contribution in [2.75, 3.05) is 38.6 Å². The molecule has 7 nitrogen and oxygen atoms in total. The van der Waals surface area contributed by atoms with Gasteiger partial charge in [0.2, 0.25) is 0 Å². The van der Waals surface area contributed by atoms with Crippen molar-refractivity contribution in [1.29, 1.82) is 0 Å². The van der Waals surface area contributed by atoms with Crippen molar-refractivity contribution in [2.24, 2.45) is 0 Å². The van der Waals surface area contributed by atoms with E-state index in [0.717, 1.165) is 36.3 Å². The maximum atomic E-state index is 13.0. The zero-order valence-corrected chi connectivity index (χ0v) is 21.5. The number of carbonyl (C=O) groups excluding carboxylic acids is 2. The third-order valence-corrected chi connectivity index (χ3v) is 7.29. The summed E-state index contributed by atoms with van der Waals surface area (Å²) in [5, 5.41) is 13.4. The Kier molecular flexibility index (Phi) is 7.26. The molecule has 0 aliphatic carbocycles. The number of hydrogen-bond donors (Lipinski definition) is 2. The Hall–Kier alpha value is -3.68. The van der Waals surface area contributed by atoms with Crippen LogP contribution in [-0.4, -0.2) is 66.6 Å². The molecule has 7 heteroatoms. The van der Waals surface area contributed by atoms with E-state index in [2.05, 4.69) is 28.4 Å². The van der Waals surface area contributed by atoms with Crippen molar-refractivity contribution >= 4 is 17.5 Å². The normalized spacial score (nSPS) is 15.6. The molecule has 0 radical (unpaired) electrons. The Bertz CT molecular complexity index is 1290. The highest BCUT2D eigenvalue weighted by Crippen LogP contribution is 2.26. The van der Waals surface area contributed by atoms with E-state index >= 15 is 0 Å². The SMILES string of the molecule is CN(C)c1ccc(C(=O)N2Cc3ccc(C(=O)NCC(O)CN4CCc5ccccc5C4)cc3C2)cc1. The Labute approximate surface area is 218 Å². The molecule has 2 heterocycles. The first kappa shape index (κ1) is 25.0. The number of rotatable bonds is 7. The van der Waals surface area contributed by atoms with Crippen LogP contribution in [0.25, 0.3) is 0 Å². The van der Waals surface area contributed by atoms with Gasteiger partial charge in [0, 0.05) is 70.2 Å². The summed E-state index contributed by atoms with van der Waals surface area (Å²) in [6.07, 6.45) is 0.335. The maximum Gasteiger partial charge on any atom is 0.254 e. The Balaban J connectivity index is 1.13. The monoisotopic (exact) mass is 498 g/mol. The molecule has 3 aromatic carbocycles. The summed E-state index contributed by atoms with van der Waals surface area (Å²) < 4.78 is 0. The number of amides is 2. The minimum atomic E-state index is -0.643. The van der Waals surface area contributed by atoms with Crippen LogP contribution in [0.15, 0.2) is 66.7 Å². The van der Waals surface area contributed by atoms with Crippen molar-refractivity contribution in [3.05, 3.63) is 100 Å². The van der Waals surface area contributed by atoms with Gasteiger partial charge in [-0.05, 0) is 65.1 Å². The lowest BCUT2D eigenvalue weighted by molar-refractivity contribution is 0.0751. The van der Waals surface area contributed by atoms with Gasteiger partial charge in [-0.25, -0.2) is 0 Å². The van der Waals surface area contributed by atoms with Crippen LogP contribution < -0.4 is 10.2 Å². The van der Waals surface area contributed by atoms with E-state index in [1.165, 1.54) is 11.1 Å². The van der Waals surface area contributed by atoms with Crippen LogP contribution in [0.1, 0.15) is 43.0 Å². The minimum absolute atomic E-state index is 0.0176. The first-order valence-corrected chi connectivity index (χ1v) is 12.8. The smallest absolute Gasteiger partial charge is 0.254 e. The molecule has 37 heavy (non-hydrogen) atoms. The number of anilines is 1. The number of nitrogens with one attached hydrogen (secondary N) is 1. The van der Waals surface area contributed by atoms with Crippen LogP contribution in [0.3, 0.4) is 0 Å². The van der Waals surface area contributed by atoms with Crippen LogP contribution in [-0.2, 0) is 26.1 Å². The van der Waals surface area contributed by atoms with Gasteiger partial charge in [0.15, 0.2) is 0 Å². The summed E-state index contributed by atoms with van der Waals surface area (Å²) in [5.74, 6) is -0.231. The number of benzene rings is 3. The second-order valence-electron chi connectivity index (χ2n) is 10.2. The molecule has 2 aliphatic rings. The van der Waals surface area contributed by atoms with Crippen molar-refractivity contribution in [3.63, 3.8) is 0 Å². The number of hydrogen-bond acceptors (Lipinski definition) is 5. The molecule has 192 valence electrons. The lowest BCUT2D eigenvalue weighted by Gasteiger charge is -2.30. The standard InChI is InChI=1S/C30H34N4O3/c1-32(2)27-11-9-22(10-12-27)30(37)34-18-25-8-7-23(15-26(25)19-34)29(36)31-16-28(35)20-33-14-13-21-5-3-4-6-24(21)17-33/h3-12,15,28,35H,13-14,16-20H2,1-2H3,(H,31,36). The number of β-amino-alcohol motifs (C(OH)–C–C–N with tert-alkyl or cyclic N) is 1. The highest BCUT2D eigenvalue weighted by atomic mass is 16.3. The van der Waals surface area contributed by atoms with E-state index in [9.17, 15) is 14.7 Å². The highest BCUT2D eigenvalue weighted by Gasteiger charge is 2.25. The molecule has 1 atom stereocenters. The largest absolute Gasteiger partial charge is 0.390 e. The highest BCUT2D eigenvalue weighted by molar-refractivity contribution is 5.96. The maximum absolute atomic E-state index is 13.0. The molecule has 2 aliphatic heterocycles. The third kappa shape index (κ3) is 5.68. The lowest BCUT2D eigenvalue weighted by atomic mass is 10.00. The first-order chi connectivity index (χ1) is 17.9. The van der Waals surface area contributed by atoms with Crippen molar-refractivity contribution in [2.45, 2.75) is 32.2 Å². The summed E-state index contributed by atoms with van der Waals surface area (Å²) in [4.78, 5) is 31.9. The second-order valence-corrected chi connectivity index (χ2v) is 10.2. The second kappa shape index (κ2) is 10.7. The van der Waals surface area contributed by atoms with E-state index in [0.29, 0.717) is 30.8 Å². The zero-order chi connectivity index (χ0) is 25.9. The fraction of sp³-hybridized carbons (Fsp3) is 0.333. The van der Waals surface area contributed by atoms with Crippen LogP contribution in [0, 0.1) is 0 Å². The summed E-state index contributed by atoms with van der Waals surface area (Å²) in [5.41, 5.74) is 6.97. The van der Waals surface area contributed by atoms with E-state index in [4.69, 9.17) is 0 Å². The molecule has 0 spiro atoms. The van der Waals surface area contributed by atoms with Crippen LogP contribution in [0.2, 0.25) is 0 Å². The van der Waals surface area contributed by atoms with E-state index in [-0.39, 0.29) is 18.4 Å². The molecule has 2 N–H and O–H groups in total. The Morgan fingerprint density at radius 3 is 2.32 bits per heavy atom. The van der Waals surface area contributed by atoms with E-state index < -0.39 is 6.10 Å². The fourth-order valence-electron chi connectivity index (χ4n) is 5.15. The first-order valence-electron chi connectivity index (χ1n) is 12.8. The van der Waals surface area contributed by atoms with Gasteiger partial charge < -0.3 is 20.2 Å². The molecule has 0 saturated carbocycles. The van der Waals surface area contributed by atoms with Gasteiger partial charge in [0.05, 0.1) is 6.10 Å². The van der Waals surface area contributed by atoms with Gasteiger partial charge in [-0.3, -0.25) is 14.5 Å².